The van der Waals surface area contributed by atoms with Crippen molar-refractivity contribution in [1.29, 1.82) is 0 Å². The highest BCUT2D eigenvalue weighted by Gasteiger charge is 2.14. The molecule has 0 spiro atoms. The van der Waals surface area contributed by atoms with Gasteiger partial charge < -0.3 is 19.4 Å². The fourth-order valence-electron chi connectivity index (χ4n) is 1.51. The SMILES string of the molecule is O=C([O-])/C=C/c1cc(Cl)c2c(c1)OCCCO2. The Morgan fingerprint density at radius 2 is 2.12 bits per heavy atom. The largest absolute Gasteiger partial charge is 0.545 e. The van der Waals surface area contributed by atoms with Crippen LogP contribution < -0.4 is 14.6 Å². The van der Waals surface area contributed by atoms with Crippen LogP contribution in [0, 0.1) is 0 Å². The van der Waals surface area contributed by atoms with Crippen molar-refractivity contribution in [2.45, 2.75) is 6.42 Å². The van der Waals surface area contributed by atoms with Gasteiger partial charge in [0.2, 0.25) is 0 Å². The van der Waals surface area contributed by atoms with E-state index in [0.29, 0.717) is 35.3 Å². The number of carboxylic acids is 1. The van der Waals surface area contributed by atoms with Gasteiger partial charge in [0, 0.05) is 6.42 Å². The number of ether oxygens (including phenoxy) is 2. The number of rotatable bonds is 2. The Kier molecular flexibility index (Phi) is 3.54. The van der Waals surface area contributed by atoms with Crippen LogP contribution in [0.15, 0.2) is 18.2 Å². The van der Waals surface area contributed by atoms with E-state index in [4.69, 9.17) is 21.1 Å². The van der Waals surface area contributed by atoms with Crippen LogP contribution in [0.25, 0.3) is 6.08 Å². The van der Waals surface area contributed by atoms with Crippen molar-refractivity contribution in [3.05, 3.63) is 28.8 Å². The Labute approximate surface area is 103 Å². The second-order valence-corrected chi connectivity index (χ2v) is 3.94. The third kappa shape index (κ3) is 2.91. The Bertz CT molecular complexity index is 468. The maximum absolute atomic E-state index is 10.3. The molecule has 1 aliphatic rings. The van der Waals surface area contributed by atoms with Crippen molar-refractivity contribution < 1.29 is 19.4 Å². The zero-order valence-electron chi connectivity index (χ0n) is 8.94. The summed E-state index contributed by atoms with van der Waals surface area (Å²) < 4.78 is 10.9. The van der Waals surface area contributed by atoms with Gasteiger partial charge in [0.15, 0.2) is 11.5 Å². The van der Waals surface area contributed by atoms with Crippen molar-refractivity contribution in [1.82, 2.24) is 0 Å². The van der Waals surface area contributed by atoms with Crippen LogP contribution in [0.1, 0.15) is 12.0 Å². The number of halogens is 1. The van der Waals surface area contributed by atoms with Crippen LogP contribution in [0.4, 0.5) is 0 Å². The predicted molar refractivity (Wildman–Crippen MR) is 61.1 cm³/mol. The van der Waals surface area contributed by atoms with Crippen molar-refractivity contribution >= 4 is 23.6 Å². The van der Waals surface area contributed by atoms with Gasteiger partial charge >= 0.3 is 0 Å². The van der Waals surface area contributed by atoms with Crippen LogP contribution in [-0.4, -0.2) is 19.2 Å². The van der Waals surface area contributed by atoms with Gasteiger partial charge in [-0.2, -0.15) is 0 Å². The molecule has 0 unspecified atom stereocenters. The van der Waals surface area contributed by atoms with Gasteiger partial charge in [-0.25, -0.2) is 0 Å². The third-order valence-corrected chi connectivity index (χ3v) is 2.52. The average Bonchev–Trinajstić information content (AvgIpc) is 2.51. The minimum absolute atomic E-state index is 0.405. The van der Waals surface area contributed by atoms with E-state index in [1.165, 1.54) is 6.08 Å². The Morgan fingerprint density at radius 1 is 1.35 bits per heavy atom. The van der Waals surface area contributed by atoms with Gasteiger partial charge in [-0.3, -0.25) is 0 Å². The molecule has 0 aromatic heterocycles. The number of hydrogen-bond donors (Lipinski definition) is 0. The number of carboxylic acid groups (broad SMARTS) is 1. The molecule has 0 aliphatic carbocycles. The smallest absolute Gasteiger partial charge is 0.179 e. The zero-order chi connectivity index (χ0) is 12.3. The highest BCUT2D eigenvalue weighted by atomic mass is 35.5. The van der Waals surface area contributed by atoms with Crippen LogP contribution in [0.2, 0.25) is 5.02 Å². The fraction of sp³-hybridized carbons (Fsp3) is 0.250. The van der Waals surface area contributed by atoms with Crippen molar-refractivity contribution in [2.75, 3.05) is 13.2 Å². The fourth-order valence-corrected chi connectivity index (χ4v) is 1.78. The molecule has 4 nitrogen and oxygen atoms in total. The molecule has 0 saturated carbocycles. The summed E-state index contributed by atoms with van der Waals surface area (Å²) in [5, 5.41) is 10.7. The molecule has 1 heterocycles. The molecule has 0 bridgehead atoms. The molecule has 90 valence electrons. The molecular weight excluding hydrogens is 244 g/mol. The summed E-state index contributed by atoms with van der Waals surface area (Å²) in [6.45, 7) is 1.11. The molecule has 5 heteroatoms. The van der Waals surface area contributed by atoms with E-state index in [1.807, 2.05) is 0 Å². The standard InChI is InChI=1S/C12H11ClO4/c13-9-6-8(2-3-11(14)15)7-10-12(9)17-5-1-4-16-10/h2-3,6-7H,1,4-5H2,(H,14,15)/p-1/b3-2+. The lowest BCUT2D eigenvalue weighted by Gasteiger charge is -2.09. The summed E-state index contributed by atoms with van der Waals surface area (Å²) >= 11 is 6.03. The van der Waals surface area contributed by atoms with E-state index in [0.717, 1.165) is 12.5 Å². The lowest BCUT2D eigenvalue weighted by atomic mass is 10.2. The van der Waals surface area contributed by atoms with Crippen molar-refractivity contribution in [3.8, 4) is 11.5 Å². The van der Waals surface area contributed by atoms with Gasteiger partial charge in [-0.15, -0.1) is 0 Å². The van der Waals surface area contributed by atoms with Gasteiger partial charge in [0.1, 0.15) is 0 Å². The Morgan fingerprint density at radius 3 is 2.88 bits per heavy atom. The topological polar surface area (TPSA) is 58.6 Å². The van der Waals surface area contributed by atoms with Gasteiger partial charge in [0.25, 0.3) is 0 Å². The quantitative estimate of drug-likeness (QED) is 0.745. The minimum atomic E-state index is -1.26. The molecule has 1 aromatic rings. The summed E-state index contributed by atoms with van der Waals surface area (Å²) in [5.74, 6) is -0.212. The van der Waals surface area contributed by atoms with E-state index in [2.05, 4.69) is 0 Å². The molecule has 0 N–H and O–H groups in total. The minimum Gasteiger partial charge on any atom is -0.545 e. The van der Waals surface area contributed by atoms with E-state index >= 15 is 0 Å². The number of fused-ring (bicyclic) bond motifs is 1. The van der Waals surface area contributed by atoms with E-state index < -0.39 is 5.97 Å². The monoisotopic (exact) mass is 253 g/mol. The maximum atomic E-state index is 10.3. The first-order valence-electron chi connectivity index (χ1n) is 5.15. The van der Waals surface area contributed by atoms with Crippen molar-refractivity contribution in [2.24, 2.45) is 0 Å². The van der Waals surface area contributed by atoms with E-state index in [1.54, 1.807) is 12.1 Å². The molecule has 0 atom stereocenters. The molecule has 0 saturated heterocycles. The number of carbonyl (C=O) groups excluding carboxylic acids is 1. The molecule has 17 heavy (non-hydrogen) atoms. The molecule has 1 aliphatic heterocycles. The Hall–Kier alpha value is -1.68. The van der Waals surface area contributed by atoms with E-state index in [-0.39, 0.29) is 0 Å². The summed E-state index contributed by atoms with van der Waals surface area (Å²) in [4.78, 5) is 10.3. The summed E-state index contributed by atoms with van der Waals surface area (Å²) in [6, 6.07) is 3.31. The maximum Gasteiger partial charge on any atom is 0.179 e. The van der Waals surface area contributed by atoms with Crippen LogP contribution in [0.3, 0.4) is 0 Å². The van der Waals surface area contributed by atoms with Crippen LogP contribution >= 0.6 is 11.6 Å². The van der Waals surface area contributed by atoms with Gasteiger partial charge in [-0.05, 0) is 23.8 Å². The molecular formula is C12H10ClO4-. The molecule has 0 radical (unpaired) electrons. The highest BCUT2D eigenvalue weighted by molar-refractivity contribution is 6.32. The first-order chi connectivity index (χ1) is 8.16. The number of aliphatic carboxylic acids is 1. The molecule has 1 aromatic carbocycles. The first-order valence-corrected chi connectivity index (χ1v) is 5.53. The number of benzene rings is 1. The van der Waals surface area contributed by atoms with Gasteiger partial charge in [-0.1, -0.05) is 17.7 Å². The van der Waals surface area contributed by atoms with Crippen LogP contribution in [-0.2, 0) is 4.79 Å². The second kappa shape index (κ2) is 5.10. The van der Waals surface area contributed by atoms with Crippen LogP contribution in [0.5, 0.6) is 11.5 Å². The summed E-state index contributed by atoms with van der Waals surface area (Å²) in [7, 11) is 0. The second-order valence-electron chi connectivity index (χ2n) is 3.53. The summed E-state index contributed by atoms with van der Waals surface area (Å²) in [5.41, 5.74) is 0.628. The normalized spacial score (nSPS) is 14.6. The lowest BCUT2D eigenvalue weighted by molar-refractivity contribution is -0.297. The predicted octanol–water partition coefficient (Wildman–Crippen LogP) is 1.26. The lowest BCUT2D eigenvalue weighted by Crippen LogP contribution is -2.18. The summed E-state index contributed by atoms with van der Waals surface area (Å²) in [6.07, 6.45) is 3.13. The molecule has 2 rings (SSSR count). The molecule has 0 fully saturated rings. The first kappa shape index (κ1) is 11.8. The Balaban J connectivity index is 2.35. The zero-order valence-corrected chi connectivity index (χ0v) is 9.70. The number of carbonyl (C=O) groups is 1. The van der Waals surface area contributed by atoms with E-state index in [9.17, 15) is 9.90 Å². The third-order valence-electron chi connectivity index (χ3n) is 2.24. The molecule has 0 amide bonds. The van der Waals surface area contributed by atoms with Gasteiger partial charge in [0.05, 0.1) is 24.2 Å². The highest BCUT2D eigenvalue weighted by Crippen LogP contribution is 2.38. The number of hydrogen-bond acceptors (Lipinski definition) is 4. The van der Waals surface area contributed by atoms with Crippen molar-refractivity contribution in [3.63, 3.8) is 0 Å². The average molecular weight is 254 g/mol.